The van der Waals surface area contributed by atoms with Crippen molar-refractivity contribution < 1.29 is 8.42 Å². The molecule has 0 spiro atoms. The highest BCUT2D eigenvalue weighted by Gasteiger charge is 2.17. The van der Waals surface area contributed by atoms with Crippen molar-refractivity contribution in [1.29, 1.82) is 0 Å². The zero-order valence-electron chi connectivity index (χ0n) is 8.45. The Balaban J connectivity index is 2.13. The predicted octanol–water partition coefficient (Wildman–Crippen LogP) is -0.983. The second-order valence-electron chi connectivity index (χ2n) is 3.05. The Kier molecular flexibility index (Phi) is 2.71. The first-order valence-electron chi connectivity index (χ1n) is 4.41. The summed E-state index contributed by atoms with van der Waals surface area (Å²) in [6.07, 6.45) is 2.73. The SMILES string of the molecule is Cn1nccc1S(=O)(=O)NCc1ncn[nH]1. The van der Waals surface area contributed by atoms with Gasteiger partial charge >= 0.3 is 0 Å². The third kappa shape index (κ3) is 2.09. The molecule has 0 aliphatic carbocycles. The third-order valence-corrected chi connectivity index (χ3v) is 3.42. The van der Waals surface area contributed by atoms with Crippen molar-refractivity contribution in [1.82, 2.24) is 29.7 Å². The zero-order chi connectivity index (χ0) is 11.6. The van der Waals surface area contributed by atoms with Crippen LogP contribution in [0.25, 0.3) is 0 Å². The monoisotopic (exact) mass is 242 g/mol. The summed E-state index contributed by atoms with van der Waals surface area (Å²) in [6.45, 7) is 0.0630. The van der Waals surface area contributed by atoms with Gasteiger partial charge in [-0.25, -0.2) is 18.1 Å². The van der Waals surface area contributed by atoms with Crippen LogP contribution in [0.1, 0.15) is 5.82 Å². The van der Waals surface area contributed by atoms with Crippen LogP contribution in [-0.2, 0) is 23.6 Å². The van der Waals surface area contributed by atoms with Crippen molar-refractivity contribution in [3.8, 4) is 0 Å². The van der Waals surface area contributed by atoms with E-state index in [4.69, 9.17) is 0 Å². The first kappa shape index (κ1) is 10.8. The smallest absolute Gasteiger partial charge is 0.258 e. The van der Waals surface area contributed by atoms with Crippen molar-refractivity contribution in [2.45, 2.75) is 11.6 Å². The van der Waals surface area contributed by atoms with Crippen LogP contribution in [0.5, 0.6) is 0 Å². The minimum atomic E-state index is -3.56. The molecule has 0 aliphatic heterocycles. The Labute approximate surface area is 91.8 Å². The van der Waals surface area contributed by atoms with Crippen molar-refractivity contribution in [3.05, 3.63) is 24.4 Å². The minimum absolute atomic E-state index is 0.0630. The highest BCUT2D eigenvalue weighted by molar-refractivity contribution is 7.89. The summed E-state index contributed by atoms with van der Waals surface area (Å²) < 4.78 is 27.2. The second-order valence-corrected chi connectivity index (χ2v) is 4.76. The van der Waals surface area contributed by atoms with E-state index in [9.17, 15) is 8.42 Å². The molecule has 0 aliphatic rings. The van der Waals surface area contributed by atoms with Gasteiger partial charge in [-0.05, 0) is 6.07 Å². The van der Waals surface area contributed by atoms with Gasteiger partial charge in [0.2, 0.25) is 0 Å². The molecule has 2 N–H and O–H groups in total. The topological polar surface area (TPSA) is 106 Å². The molecule has 0 bridgehead atoms. The van der Waals surface area contributed by atoms with Gasteiger partial charge in [0.15, 0.2) is 5.03 Å². The molecule has 0 unspecified atom stereocenters. The lowest BCUT2D eigenvalue weighted by molar-refractivity contribution is 0.561. The van der Waals surface area contributed by atoms with Gasteiger partial charge in [-0.3, -0.25) is 9.78 Å². The van der Waals surface area contributed by atoms with Gasteiger partial charge in [0.1, 0.15) is 12.2 Å². The summed E-state index contributed by atoms with van der Waals surface area (Å²) in [6, 6.07) is 1.42. The molecule has 2 rings (SSSR count). The Morgan fingerprint density at radius 3 is 2.94 bits per heavy atom. The summed E-state index contributed by atoms with van der Waals surface area (Å²) in [5.74, 6) is 0.450. The lowest BCUT2D eigenvalue weighted by atomic mass is 10.6. The van der Waals surface area contributed by atoms with Crippen LogP contribution < -0.4 is 4.72 Å². The summed E-state index contributed by atoms with van der Waals surface area (Å²) in [5.41, 5.74) is 0. The van der Waals surface area contributed by atoms with E-state index in [0.29, 0.717) is 5.82 Å². The van der Waals surface area contributed by atoms with E-state index in [1.165, 1.54) is 23.3 Å². The number of hydrogen-bond donors (Lipinski definition) is 2. The number of nitrogens with one attached hydrogen (secondary N) is 2. The molecule has 2 heterocycles. The molecule has 0 amide bonds. The average Bonchev–Trinajstić information content (AvgIpc) is 2.85. The number of sulfonamides is 1. The van der Waals surface area contributed by atoms with Gasteiger partial charge in [0.25, 0.3) is 10.0 Å². The standard InChI is InChI=1S/C7H10N6O2S/c1-13-7(2-3-10-13)16(14,15)11-4-6-8-5-9-12-6/h2-3,5,11H,4H2,1H3,(H,8,9,12). The number of nitrogens with zero attached hydrogens (tertiary/aromatic N) is 4. The Morgan fingerprint density at radius 2 is 2.38 bits per heavy atom. The van der Waals surface area contributed by atoms with E-state index in [2.05, 4.69) is 25.0 Å². The van der Waals surface area contributed by atoms with Gasteiger partial charge in [-0.2, -0.15) is 10.2 Å². The summed E-state index contributed by atoms with van der Waals surface area (Å²) >= 11 is 0. The maximum absolute atomic E-state index is 11.8. The van der Waals surface area contributed by atoms with Crippen molar-refractivity contribution in [3.63, 3.8) is 0 Å². The molecular formula is C7H10N6O2S. The maximum Gasteiger partial charge on any atom is 0.258 e. The van der Waals surface area contributed by atoms with Crippen LogP contribution in [0.15, 0.2) is 23.6 Å². The molecule has 0 saturated carbocycles. The van der Waals surface area contributed by atoms with Gasteiger partial charge in [0.05, 0.1) is 12.7 Å². The molecule has 0 saturated heterocycles. The highest BCUT2D eigenvalue weighted by atomic mass is 32.2. The number of aromatic nitrogens is 5. The first-order chi connectivity index (χ1) is 7.59. The van der Waals surface area contributed by atoms with Crippen LogP contribution in [0, 0.1) is 0 Å². The first-order valence-corrected chi connectivity index (χ1v) is 5.90. The molecular weight excluding hydrogens is 232 g/mol. The van der Waals surface area contributed by atoms with Crippen LogP contribution >= 0.6 is 0 Å². The second kappa shape index (κ2) is 4.02. The number of hydrogen-bond acceptors (Lipinski definition) is 5. The van der Waals surface area contributed by atoms with Crippen LogP contribution in [0.3, 0.4) is 0 Å². The molecule has 0 fully saturated rings. The molecule has 2 aromatic heterocycles. The lowest BCUT2D eigenvalue weighted by Gasteiger charge is -2.04. The highest BCUT2D eigenvalue weighted by Crippen LogP contribution is 2.05. The van der Waals surface area contributed by atoms with Crippen LogP contribution in [0.4, 0.5) is 0 Å². The fourth-order valence-electron chi connectivity index (χ4n) is 1.18. The quantitative estimate of drug-likeness (QED) is 0.716. The average molecular weight is 242 g/mol. The van der Waals surface area contributed by atoms with E-state index in [0.717, 1.165) is 0 Å². The van der Waals surface area contributed by atoms with Crippen LogP contribution in [-0.4, -0.2) is 33.4 Å². The van der Waals surface area contributed by atoms with Gasteiger partial charge in [-0.15, -0.1) is 0 Å². The molecule has 8 nitrogen and oxygen atoms in total. The number of aromatic amines is 1. The largest absolute Gasteiger partial charge is 0.262 e. The van der Waals surface area contributed by atoms with E-state index in [-0.39, 0.29) is 11.6 Å². The van der Waals surface area contributed by atoms with Gasteiger partial charge < -0.3 is 0 Å². The molecule has 9 heteroatoms. The summed E-state index contributed by atoms with van der Waals surface area (Å²) in [5, 5.41) is 10.1. The molecule has 0 atom stereocenters. The van der Waals surface area contributed by atoms with Crippen molar-refractivity contribution in [2.24, 2.45) is 7.05 Å². The van der Waals surface area contributed by atoms with Crippen LogP contribution in [0.2, 0.25) is 0 Å². The Hall–Kier alpha value is -1.74. The molecule has 0 aromatic carbocycles. The summed E-state index contributed by atoms with van der Waals surface area (Å²) in [4.78, 5) is 3.81. The van der Waals surface area contributed by atoms with Crippen molar-refractivity contribution in [2.75, 3.05) is 0 Å². The number of aryl methyl sites for hydroxylation is 1. The third-order valence-electron chi connectivity index (χ3n) is 1.95. The molecule has 0 radical (unpaired) electrons. The fourth-order valence-corrected chi connectivity index (χ4v) is 2.29. The van der Waals surface area contributed by atoms with Gasteiger partial charge in [-0.1, -0.05) is 0 Å². The lowest BCUT2D eigenvalue weighted by Crippen LogP contribution is -2.25. The van der Waals surface area contributed by atoms with E-state index in [1.54, 1.807) is 7.05 Å². The Bertz CT molecular complexity index is 557. The van der Waals surface area contributed by atoms with Crippen molar-refractivity contribution >= 4 is 10.0 Å². The normalized spacial score (nSPS) is 11.8. The van der Waals surface area contributed by atoms with Gasteiger partial charge in [0, 0.05) is 7.05 Å². The minimum Gasteiger partial charge on any atom is -0.262 e. The zero-order valence-corrected chi connectivity index (χ0v) is 9.27. The van der Waals surface area contributed by atoms with E-state index >= 15 is 0 Å². The molecule has 86 valence electrons. The number of H-pyrrole nitrogens is 1. The summed E-state index contributed by atoms with van der Waals surface area (Å²) in [7, 11) is -2.00. The number of rotatable bonds is 4. The molecule has 2 aromatic rings. The maximum atomic E-state index is 11.8. The van der Waals surface area contributed by atoms with E-state index < -0.39 is 10.0 Å². The molecule has 16 heavy (non-hydrogen) atoms. The predicted molar refractivity (Wildman–Crippen MR) is 53.6 cm³/mol. The fraction of sp³-hybridized carbons (Fsp3) is 0.286. The Morgan fingerprint density at radius 1 is 1.56 bits per heavy atom. The van der Waals surface area contributed by atoms with E-state index in [1.807, 2.05) is 0 Å².